The van der Waals surface area contributed by atoms with E-state index >= 15 is 0 Å². The summed E-state index contributed by atoms with van der Waals surface area (Å²) in [6, 6.07) is 3.78. The highest BCUT2D eigenvalue weighted by Gasteiger charge is 2.16. The predicted octanol–water partition coefficient (Wildman–Crippen LogP) is 2.89. The first-order valence-corrected chi connectivity index (χ1v) is 6.56. The van der Waals surface area contributed by atoms with Crippen molar-refractivity contribution in [3.05, 3.63) is 28.5 Å². The Bertz CT molecular complexity index is 436. The molecule has 1 heterocycles. The van der Waals surface area contributed by atoms with Gasteiger partial charge in [-0.2, -0.15) is 0 Å². The lowest BCUT2D eigenvalue weighted by Gasteiger charge is -2.12. The third-order valence-corrected chi connectivity index (χ3v) is 3.35. The molecule has 0 bridgehead atoms. The first-order valence-electron chi connectivity index (χ1n) is 5.76. The molecule has 4 nitrogen and oxygen atoms in total. The molecule has 0 aliphatic carbocycles. The van der Waals surface area contributed by atoms with Crippen molar-refractivity contribution in [2.75, 3.05) is 18.5 Å². The van der Waals surface area contributed by atoms with Gasteiger partial charge in [-0.3, -0.25) is 0 Å². The molecule has 1 atom stereocenters. The van der Waals surface area contributed by atoms with Crippen molar-refractivity contribution in [1.82, 2.24) is 5.32 Å². The predicted molar refractivity (Wildman–Crippen MR) is 70.1 cm³/mol. The molecule has 0 aromatic heterocycles. The number of benzene rings is 1. The van der Waals surface area contributed by atoms with E-state index in [1.54, 1.807) is 0 Å². The zero-order valence-corrected chi connectivity index (χ0v) is 11.3. The summed E-state index contributed by atoms with van der Waals surface area (Å²) in [6.07, 6.45) is 2.12. The Kier molecular flexibility index (Phi) is 4.54. The number of halogens is 2. The van der Waals surface area contributed by atoms with Crippen LogP contribution in [0.15, 0.2) is 22.7 Å². The van der Waals surface area contributed by atoms with E-state index in [-0.39, 0.29) is 18.0 Å². The Balaban J connectivity index is 1.82. The van der Waals surface area contributed by atoms with Crippen LogP contribution in [-0.4, -0.2) is 25.3 Å². The van der Waals surface area contributed by atoms with Gasteiger partial charge in [0.2, 0.25) is 0 Å². The lowest BCUT2D eigenvalue weighted by molar-refractivity contribution is 0.112. The molecule has 0 radical (unpaired) electrons. The highest BCUT2D eigenvalue weighted by atomic mass is 79.9. The first kappa shape index (κ1) is 13.3. The van der Waals surface area contributed by atoms with Gasteiger partial charge in [-0.1, -0.05) is 0 Å². The monoisotopic (exact) mass is 316 g/mol. The Morgan fingerprint density at radius 1 is 1.56 bits per heavy atom. The minimum atomic E-state index is -0.354. The minimum Gasteiger partial charge on any atom is -0.376 e. The number of carbonyl (C=O) groups excluding carboxylic acids is 1. The molecule has 6 heteroatoms. The van der Waals surface area contributed by atoms with Crippen LogP contribution in [0.3, 0.4) is 0 Å². The lowest BCUT2D eigenvalue weighted by Crippen LogP contribution is -2.35. The normalized spacial score (nSPS) is 18.7. The van der Waals surface area contributed by atoms with E-state index in [2.05, 4.69) is 26.6 Å². The molecule has 1 aliphatic heterocycles. The van der Waals surface area contributed by atoms with Gasteiger partial charge in [-0.05, 0) is 47.0 Å². The number of anilines is 1. The van der Waals surface area contributed by atoms with Crippen molar-refractivity contribution in [2.45, 2.75) is 18.9 Å². The van der Waals surface area contributed by atoms with Crippen molar-refractivity contribution >= 4 is 27.6 Å². The molecule has 1 aromatic rings. The molecular weight excluding hydrogens is 303 g/mol. The largest absolute Gasteiger partial charge is 0.376 e. The second-order valence-electron chi connectivity index (χ2n) is 4.09. The van der Waals surface area contributed by atoms with Crippen LogP contribution in [0.1, 0.15) is 12.8 Å². The van der Waals surface area contributed by atoms with Gasteiger partial charge in [-0.25, -0.2) is 9.18 Å². The highest BCUT2D eigenvalue weighted by Crippen LogP contribution is 2.22. The number of hydrogen-bond acceptors (Lipinski definition) is 2. The van der Waals surface area contributed by atoms with Gasteiger partial charge in [-0.15, -0.1) is 0 Å². The zero-order chi connectivity index (χ0) is 13.0. The average molecular weight is 317 g/mol. The van der Waals surface area contributed by atoms with Gasteiger partial charge in [0.05, 0.1) is 11.8 Å². The molecule has 1 aliphatic rings. The van der Waals surface area contributed by atoms with Crippen LogP contribution in [0.25, 0.3) is 0 Å². The molecular formula is C12H14BrFN2O2. The van der Waals surface area contributed by atoms with E-state index in [0.717, 1.165) is 19.4 Å². The van der Waals surface area contributed by atoms with E-state index in [1.165, 1.54) is 18.2 Å². The number of nitrogens with one attached hydrogen (secondary N) is 2. The fraction of sp³-hybridized carbons (Fsp3) is 0.417. The molecule has 1 unspecified atom stereocenters. The SMILES string of the molecule is O=C(NCC1CCCO1)Nc1ccc(F)cc1Br. The van der Waals surface area contributed by atoms with Crippen molar-refractivity contribution in [1.29, 1.82) is 0 Å². The fourth-order valence-corrected chi connectivity index (χ4v) is 2.22. The average Bonchev–Trinajstić information content (AvgIpc) is 2.83. The number of ether oxygens (including phenoxy) is 1. The number of hydrogen-bond donors (Lipinski definition) is 2. The zero-order valence-electron chi connectivity index (χ0n) is 9.71. The van der Waals surface area contributed by atoms with Crippen LogP contribution >= 0.6 is 15.9 Å². The van der Waals surface area contributed by atoms with Crippen molar-refractivity contribution in [3.8, 4) is 0 Å². The smallest absolute Gasteiger partial charge is 0.319 e. The molecule has 2 amide bonds. The van der Waals surface area contributed by atoms with Gasteiger partial charge >= 0.3 is 6.03 Å². The van der Waals surface area contributed by atoms with E-state index in [9.17, 15) is 9.18 Å². The Labute approximate surface area is 113 Å². The highest BCUT2D eigenvalue weighted by molar-refractivity contribution is 9.10. The van der Waals surface area contributed by atoms with E-state index in [0.29, 0.717) is 16.7 Å². The minimum absolute atomic E-state index is 0.104. The maximum atomic E-state index is 12.9. The van der Waals surface area contributed by atoms with Crippen molar-refractivity contribution in [2.24, 2.45) is 0 Å². The van der Waals surface area contributed by atoms with E-state index in [4.69, 9.17) is 4.74 Å². The lowest BCUT2D eigenvalue weighted by atomic mass is 10.2. The molecule has 1 aromatic carbocycles. The van der Waals surface area contributed by atoms with E-state index < -0.39 is 0 Å². The molecule has 2 rings (SSSR count). The molecule has 1 fully saturated rings. The standard InChI is InChI=1S/C12H14BrFN2O2/c13-10-6-8(14)3-4-11(10)16-12(17)15-7-9-2-1-5-18-9/h3-4,6,9H,1-2,5,7H2,(H2,15,16,17). The van der Waals surface area contributed by atoms with Crippen molar-refractivity contribution < 1.29 is 13.9 Å². The summed E-state index contributed by atoms with van der Waals surface area (Å²) in [4.78, 5) is 11.6. The maximum absolute atomic E-state index is 12.9. The number of amides is 2. The maximum Gasteiger partial charge on any atom is 0.319 e. The van der Waals surface area contributed by atoms with Gasteiger partial charge in [0.25, 0.3) is 0 Å². The van der Waals surface area contributed by atoms with Crippen LogP contribution in [0.4, 0.5) is 14.9 Å². The van der Waals surface area contributed by atoms with Gasteiger partial charge in [0.1, 0.15) is 5.82 Å². The summed E-state index contributed by atoms with van der Waals surface area (Å²) < 4.78 is 18.8. The Morgan fingerprint density at radius 3 is 3.06 bits per heavy atom. The first-order chi connectivity index (χ1) is 8.65. The van der Waals surface area contributed by atoms with Gasteiger partial charge in [0, 0.05) is 17.6 Å². The molecule has 0 saturated carbocycles. The summed E-state index contributed by atoms with van der Waals surface area (Å²) in [5.41, 5.74) is 0.529. The van der Waals surface area contributed by atoms with Crippen molar-refractivity contribution in [3.63, 3.8) is 0 Å². The summed E-state index contributed by atoms with van der Waals surface area (Å²) in [7, 11) is 0. The Hall–Kier alpha value is -1.14. The molecule has 98 valence electrons. The number of carbonyl (C=O) groups is 1. The summed E-state index contributed by atoms with van der Waals surface area (Å²) in [6.45, 7) is 1.25. The van der Waals surface area contributed by atoms with Crippen LogP contribution in [-0.2, 0) is 4.74 Å². The summed E-state index contributed by atoms with van der Waals surface area (Å²) >= 11 is 3.19. The summed E-state index contributed by atoms with van der Waals surface area (Å²) in [5, 5.41) is 5.37. The molecule has 0 spiro atoms. The Morgan fingerprint density at radius 2 is 2.39 bits per heavy atom. The third kappa shape index (κ3) is 3.68. The molecule has 18 heavy (non-hydrogen) atoms. The quantitative estimate of drug-likeness (QED) is 0.901. The van der Waals surface area contributed by atoms with E-state index in [1.807, 2.05) is 0 Å². The van der Waals surface area contributed by atoms with Crippen LogP contribution < -0.4 is 10.6 Å². The fourth-order valence-electron chi connectivity index (χ4n) is 1.77. The second-order valence-corrected chi connectivity index (χ2v) is 4.95. The summed E-state index contributed by atoms with van der Waals surface area (Å²) in [5.74, 6) is -0.354. The number of rotatable bonds is 3. The van der Waals surface area contributed by atoms with Gasteiger partial charge in [0.15, 0.2) is 0 Å². The second kappa shape index (κ2) is 6.15. The van der Waals surface area contributed by atoms with Crippen LogP contribution in [0.2, 0.25) is 0 Å². The number of urea groups is 1. The van der Waals surface area contributed by atoms with Crippen LogP contribution in [0, 0.1) is 5.82 Å². The molecule has 1 saturated heterocycles. The van der Waals surface area contributed by atoms with Gasteiger partial charge < -0.3 is 15.4 Å². The third-order valence-electron chi connectivity index (χ3n) is 2.69. The van der Waals surface area contributed by atoms with Crippen LogP contribution in [0.5, 0.6) is 0 Å². The molecule has 2 N–H and O–H groups in total. The topological polar surface area (TPSA) is 50.4 Å².